The van der Waals surface area contributed by atoms with E-state index in [-0.39, 0.29) is 36.9 Å². The fourth-order valence-electron chi connectivity index (χ4n) is 2.33. The highest BCUT2D eigenvalue weighted by Gasteiger charge is 2.35. The topological polar surface area (TPSA) is 142 Å². The lowest BCUT2D eigenvalue weighted by molar-refractivity contribution is -0.143. The number of hydrogen-bond acceptors (Lipinski definition) is 6. The van der Waals surface area contributed by atoms with Gasteiger partial charge in [-0.05, 0) is 19.1 Å². The molecule has 130 valence electrons. The van der Waals surface area contributed by atoms with Crippen molar-refractivity contribution in [1.82, 2.24) is 10.2 Å². The van der Waals surface area contributed by atoms with E-state index in [0.717, 1.165) is 0 Å². The number of rotatable bonds is 7. The predicted octanol–water partition coefficient (Wildman–Crippen LogP) is -0.857. The van der Waals surface area contributed by atoms with Gasteiger partial charge < -0.3 is 30.9 Å². The molecule has 1 aromatic rings. The number of carbonyl (C=O) groups is 3. The molecule has 1 aliphatic heterocycles. The number of likely N-dealkylation sites (tertiary alicyclic amines) is 1. The Kier molecular flexibility index (Phi) is 4.80. The van der Waals surface area contributed by atoms with E-state index in [0.29, 0.717) is 0 Å². The van der Waals surface area contributed by atoms with Crippen molar-refractivity contribution in [1.29, 1.82) is 0 Å². The van der Waals surface area contributed by atoms with Crippen LogP contribution in [0.2, 0.25) is 1.41 Å². The van der Waals surface area contributed by atoms with Crippen LogP contribution in [-0.2, 0) is 9.59 Å². The number of ether oxygens (including phenoxy) is 1. The van der Waals surface area contributed by atoms with Crippen molar-refractivity contribution in [3.63, 3.8) is 0 Å². The number of nitrogens with one attached hydrogen (secondary N) is 1. The maximum Gasteiger partial charge on any atom is 0.343 e. The van der Waals surface area contributed by atoms with Crippen molar-refractivity contribution in [2.75, 3.05) is 19.6 Å². The van der Waals surface area contributed by atoms with E-state index in [4.69, 9.17) is 11.3 Å². The second-order valence-electron chi connectivity index (χ2n) is 5.40. The first-order valence-corrected chi connectivity index (χ1v) is 7.28. The largest absolute Gasteiger partial charge is 0.507 e. The van der Waals surface area contributed by atoms with E-state index in [1.54, 1.807) is 0 Å². The molecule has 2 amide bonds. The summed E-state index contributed by atoms with van der Waals surface area (Å²) in [5.74, 6) is -2.42. The van der Waals surface area contributed by atoms with Gasteiger partial charge in [-0.15, -0.1) is 0 Å². The first kappa shape index (κ1) is 16.1. The lowest BCUT2D eigenvalue weighted by Crippen LogP contribution is -2.60. The number of carboxylic acids is 1. The summed E-state index contributed by atoms with van der Waals surface area (Å²) in [6.45, 7) is 1.81. The highest BCUT2D eigenvalue weighted by Crippen LogP contribution is 2.29. The summed E-state index contributed by atoms with van der Waals surface area (Å²) in [6, 6.07) is 3.42. The maximum absolute atomic E-state index is 12.1. The number of hydrogen-bond donors (Lipinski definition) is 4. The van der Waals surface area contributed by atoms with Crippen LogP contribution in [0, 0.1) is 0 Å². The normalized spacial score (nSPS) is 15.9. The molecule has 1 atom stereocenters. The first-order chi connectivity index (χ1) is 11.8. The van der Waals surface area contributed by atoms with E-state index in [1.807, 2.05) is 5.73 Å². The van der Waals surface area contributed by atoms with Crippen molar-refractivity contribution in [3.05, 3.63) is 23.8 Å². The highest BCUT2D eigenvalue weighted by molar-refractivity contribution is 5.94. The van der Waals surface area contributed by atoms with E-state index in [1.165, 1.54) is 30.0 Å². The van der Waals surface area contributed by atoms with Gasteiger partial charge in [0.15, 0.2) is 0 Å². The zero-order valence-corrected chi connectivity index (χ0v) is 13.0. The van der Waals surface area contributed by atoms with Gasteiger partial charge in [0.25, 0.3) is 0 Å². The molecule has 9 nitrogen and oxygen atoms in total. The Morgan fingerprint density at radius 2 is 2.21 bits per heavy atom. The molecule has 0 bridgehead atoms. The Labute approximate surface area is 139 Å². The fourth-order valence-corrected chi connectivity index (χ4v) is 2.33. The summed E-state index contributed by atoms with van der Waals surface area (Å²) in [5, 5.41) is 21.2. The van der Waals surface area contributed by atoms with E-state index in [9.17, 15) is 19.5 Å². The van der Waals surface area contributed by atoms with Gasteiger partial charge in [-0.3, -0.25) is 9.59 Å². The first-order valence-electron chi connectivity index (χ1n) is 7.78. The van der Waals surface area contributed by atoms with Gasteiger partial charge >= 0.3 is 5.97 Å². The van der Waals surface area contributed by atoms with Crippen molar-refractivity contribution in [2.45, 2.75) is 19.1 Å². The fraction of sp³-hybridized carbons (Fsp3) is 0.400. The second kappa shape index (κ2) is 7.18. The maximum atomic E-state index is 12.1. The average Bonchev–Trinajstić information content (AvgIpc) is 2.49. The Bertz CT molecular complexity index is 677. The third kappa shape index (κ3) is 3.74. The molecular weight excluding hydrogens is 318 g/mol. The number of carbonyl (C=O) groups excluding carboxylic acids is 2. The molecule has 0 aromatic heterocycles. The van der Waals surface area contributed by atoms with Crippen LogP contribution in [0.3, 0.4) is 0 Å². The molecule has 0 spiro atoms. The monoisotopic (exact) mass is 338 g/mol. The molecule has 0 saturated carbocycles. The molecule has 24 heavy (non-hydrogen) atoms. The van der Waals surface area contributed by atoms with Crippen LogP contribution in [0.4, 0.5) is 0 Å². The van der Waals surface area contributed by atoms with Gasteiger partial charge in [0.1, 0.15) is 30.6 Å². The summed E-state index contributed by atoms with van der Waals surface area (Å²) in [6.07, 6.45) is -0.401. The highest BCUT2D eigenvalue weighted by atomic mass is 16.5. The average molecular weight is 338 g/mol. The number of nitrogens with two attached hydrogens (primary N) is 1. The number of aromatic carboxylic acids is 1. The van der Waals surface area contributed by atoms with E-state index >= 15 is 0 Å². The predicted molar refractivity (Wildman–Crippen MR) is 82.7 cm³/mol. The minimum Gasteiger partial charge on any atom is -0.507 e. The summed E-state index contributed by atoms with van der Waals surface area (Å²) in [5.41, 5.74) is 1.62. The standard InChI is InChI=1S/C15H19N3O6/c1-8(17-12(20)5-16)14(21)18-6-9(7-18)24-11-4-2-3-10(19)13(11)15(22)23/h2-4,8-9,19H,5-7,16H2,1H3,(H,17,20)(H,22,23)/t8-/m0/s1/i/hD. The summed E-state index contributed by atoms with van der Waals surface area (Å²) >= 11 is 0. The Balaban J connectivity index is 1.89. The van der Waals surface area contributed by atoms with E-state index < -0.39 is 29.8 Å². The zero-order valence-electron chi connectivity index (χ0n) is 14.0. The molecule has 1 aliphatic rings. The molecule has 1 fully saturated rings. The van der Waals surface area contributed by atoms with Crippen molar-refractivity contribution < 1.29 is 30.7 Å². The second-order valence-corrected chi connectivity index (χ2v) is 5.40. The van der Waals surface area contributed by atoms with Crippen LogP contribution < -0.4 is 15.8 Å². The molecule has 0 radical (unpaired) electrons. The number of nitrogens with zero attached hydrogens (tertiary/aromatic N) is 1. The van der Waals surface area contributed by atoms with Crippen molar-refractivity contribution in [2.24, 2.45) is 5.73 Å². The van der Waals surface area contributed by atoms with Crippen LogP contribution in [0.1, 0.15) is 17.3 Å². The van der Waals surface area contributed by atoms with Crippen molar-refractivity contribution >= 4 is 17.8 Å². The zero-order chi connectivity index (χ0) is 18.6. The van der Waals surface area contributed by atoms with Crippen LogP contribution in [0.25, 0.3) is 0 Å². The number of carboxylic acid groups (broad SMARTS) is 1. The molecular formula is C15H19N3O6. The Morgan fingerprint density at radius 3 is 2.83 bits per heavy atom. The smallest absolute Gasteiger partial charge is 0.343 e. The van der Waals surface area contributed by atoms with Gasteiger partial charge in [-0.2, -0.15) is 0 Å². The van der Waals surface area contributed by atoms with E-state index in [2.05, 4.69) is 5.32 Å². The van der Waals surface area contributed by atoms with Gasteiger partial charge in [-0.1, -0.05) is 6.07 Å². The lowest BCUT2D eigenvalue weighted by atomic mass is 10.1. The molecule has 5 N–H and O–H groups in total. The third-order valence-electron chi connectivity index (χ3n) is 3.58. The lowest BCUT2D eigenvalue weighted by Gasteiger charge is -2.40. The minimum atomic E-state index is -1.31. The summed E-state index contributed by atoms with van der Waals surface area (Å²) < 4.78 is 12.3. The number of amides is 2. The minimum absolute atomic E-state index is 0.0347. The van der Waals surface area contributed by atoms with Crippen molar-refractivity contribution in [3.8, 4) is 11.5 Å². The summed E-state index contributed by atoms with van der Waals surface area (Å²) in [7, 11) is 0. The van der Waals surface area contributed by atoms with Crippen LogP contribution in [0.5, 0.6) is 11.5 Å². The van der Waals surface area contributed by atoms with Gasteiger partial charge in [0.2, 0.25) is 11.8 Å². The van der Waals surface area contributed by atoms with Gasteiger partial charge in [0.05, 0.1) is 19.6 Å². The van der Waals surface area contributed by atoms with Crippen LogP contribution >= 0.6 is 0 Å². The molecule has 0 unspecified atom stereocenters. The number of benzene rings is 1. The van der Waals surface area contributed by atoms with Crippen LogP contribution in [-0.4, -0.2) is 64.7 Å². The Morgan fingerprint density at radius 1 is 1.50 bits per heavy atom. The summed E-state index contributed by atoms with van der Waals surface area (Å²) in [4.78, 5) is 36.2. The molecule has 1 heterocycles. The quantitative estimate of drug-likeness (QED) is 0.507. The molecule has 1 aromatic carbocycles. The molecule has 9 heteroatoms. The molecule has 1 saturated heterocycles. The SMILES string of the molecule is [2H]NCC(=O)N[C@@H](C)C(=O)N1CC(Oc2cccc(O)c2C(=O)O)C1. The Hall–Kier alpha value is -2.81. The number of aromatic hydroxyl groups is 1. The third-order valence-corrected chi connectivity index (χ3v) is 3.58. The van der Waals surface area contributed by atoms with Gasteiger partial charge in [-0.25, -0.2) is 4.79 Å². The molecule has 0 aliphatic carbocycles. The number of phenols is 1. The van der Waals surface area contributed by atoms with Crippen LogP contribution in [0.15, 0.2) is 18.2 Å². The molecule has 2 rings (SSSR count). The van der Waals surface area contributed by atoms with Gasteiger partial charge in [0, 0.05) is 0 Å².